The van der Waals surface area contributed by atoms with E-state index in [0.717, 1.165) is 46.6 Å². The van der Waals surface area contributed by atoms with Crippen molar-refractivity contribution >= 4 is 6.09 Å². The van der Waals surface area contributed by atoms with Crippen LogP contribution in [0.5, 0.6) is 0 Å². The van der Waals surface area contributed by atoms with E-state index in [1.165, 1.54) is 5.56 Å². The van der Waals surface area contributed by atoms with Gasteiger partial charge in [-0.15, -0.1) is 6.42 Å². The minimum atomic E-state index is -0.538. The number of ether oxygens (including phenoxy) is 1. The molecule has 2 aromatic carbocycles. The van der Waals surface area contributed by atoms with Crippen LogP contribution in [0.15, 0.2) is 48.7 Å². The first-order valence-electron chi connectivity index (χ1n) is 12.7. The molecule has 1 aliphatic rings. The van der Waals surface area contributed by atoms with Crippen LogP contribution >= 0.6 is 0 Å². The molecule has 1 aromatic heterocycles. The molecule has 1 unspecified atom stereocenters. The summed E-state index contributed by atoms with van der Waals surface area (Å²) in [7, 11) is 0. The third kappa shape index (κ3) is 6.07. The van der Waals surface area contributed by atoms with E-state index in [-0.39, 0.29) is 17.6 Å². The minimum absolute atomic E-state index is 0.0256. The predicted molar refractivity (Wildman–Crippen MR) is 149 cm³/mol. The number of amides is 1. The number of carbonyl (C=O) groups excluding carboxylic acids is 1. The van der Waals surface area contributed by atoms with Gasteiger partial charge in [0, 0.05) is 17.7 Å². The standard InChI is InChI=1S/C32H35N3O2/c1-8-9-12-22-16-17-24(20-26(22)23-13-10-14-25(19-23)31(2,3)4)27-21-33-29(34-27)28-15-11-18-35(28)30(36)37-32(5,6)7/h1,10,13-14,16-17,19-21,28H,11,15,18H2,2-7H3,(H,33,34). The number of aromatic nitrogens is 2. The normalized spacial score (nSPS) is 15.6. The van der Waals surface area contributed by atoms with Gasteiger partial charge >= 0.3 is 6.09 Å². The zero-order chi connectivity index (χ0) is 26.8. The van der Waals surface area contributed by atoms with Gasteiger partial charge in [-0.05, 0) is 79.7 Å². The highest BCUT2D eigenvalue weighted by atomic mass is 16.6. The number of rotatable bonds is 3. The maximum atomic E-state index is 12.8. The van der Waals surface area contributed by atoms with Crippen molar-refractivity contribution in [2.24, 2.45) is 0 Å². The second kappa shape index (κ2) is 10.2. The van der Waals surface area contributed by atoms with Gasteiger partial charge in [0.1, 0.15) is 11.4 Å². The van der Waals surface area contributed by atoms with Gasteiger partial charge in [-0.25, -0.2) is 9.78 Å². The van der Waals surface area contributed by atoms with Gasteiger partial charge < -0.3 is 9.72 Å². The Morgan fingerprint density at radius 2 is 1.89 bits per heavy atom. The number of terminal acetylenes is 1. The number of carbonyl (C=O) groups is 1. The number of nitrogens with zero attached hydrogens (tertiary/aromatic N) is 2. The van der Waals surface area contributed by atoms with Crippen molar-refractivity contribution in [2.45, 2.75) is 71.4 Å². The maximum absolute atomic E-state index is 12.8. The zero-order valence-corrected chi connectivity index (χ0v) is 22.6. The van der Waals surface area contributed by atoms with Crippen LogP contribution in [0.25, 0.3) is 22.4 Å². The van der Waals surface area contributed by atoms with E-state index < -0.39 is 5.60 Å². The van der Waals surface area contributed by atoms with E-state index in [1.54, 1.807) is 4.90 Å². The van der Waals surface area contributed by atoms with Crippen LogP contribution in [-0.4, -0.2) is 33.1 Å². The molecule has 0 saturated carbocycles. The number of imidazole rings is 1. The molecule has 4 rings (SSSR count). The van der Waals surface area contributed by atoms with Crippen LogP contribution in [0.2, 0.25) is 0 Å². The number of H-pyrrole nitrogens is 1. The number of hydrogen-bond acceptors (Lipinski definition) is 3. The van der Waals surface area contributed by atoms with Crippen LogP contribution in [0, 0.1) is 24.2 Å². The summed E-state index contributed by atoms with van der Waals surface area (Å²) in [6, 6.07) is 14.6. The predicted octanol–water partition coefficient (Wildman–Crippen LogP) is 7.10. The Hall–Kier alpha value is -3.96. The molecule has 0 aliphatic carbocycles. The Bertz CT molecular complexity index is 1400. The van der Waals surface area contributed by atoms with Gasteiger partial charge in [-0.3, -0.25) is 4.90 Å². The lowest BCUT2D eigenvalue weighted by Crippen LogP contribution is -2.36. The van der Waals surface area contributed by atoms with Gasteiger partial charge in [0.25, 0.3) is 0 Å². The Balaban J connectivity index is 1.69. The molecular formula is C32H35N3O2. The molecule has 0 spiro atoms. The molecule has 5 heteroatoms. The fourth-order valence-corrected chi connectivity index (χ4v) is 4.56. The monoisotopic (exact) mass is 493 g/mol. The first-order valence-corrected chi connectivity index (χ1v) is 12.7. The molecule has 1 amide bonds. The fraction of sp³-hybridized carbons (Fsp3) is 0.375. The largest absolute Gasteiger partial charge is 0.444 e. The van der Waals surface area contributed by atoms with E-state index >= 15 is 0 Å². The Labute approximate surface area is 220 Å². The van der Waals surface area contributed by atoms with E-state index in [9.17, 15) is 4.79 Å². The Morgan fingerprint density at radius 1 is 1.11 bits per heavy atom. The van der Waals surface area contributed by atoms with Crippen LogP contribution in [0.1, 0.15) is 77.4 Å². The molecule has 3 aromatic rings. The molecule has 190 valence electrons. The highest BCUT2D eigenvalue weighted by Gasteiger charge is 2.34. The summed E-state index contributed by atoms with van der Waals surface area (Å²) in [5.41, 5.74) is 5.58. The number of likely N-dealkylation sites (tertiary alicyclic amines) is 1. The number of nitrogens with one attached hydrogen (secondary N) is 1. The lowest BCUT2D eigenvalue weighted by molar-refractivity contribution is 0.0218. The second-order valence-electron chi connectivity index (χ2n) is 11.5. The molecular weight excluding hydrogens is 458 g/mol. The SMILES string of the molecule is C#CC#Cc1ccc(-c2cnc(C3CCCN3C(=O)OC(C)(C)C)[nH]2)cc1-c1cccc(C(C)(C)C)c1. The average Bonchev–Trinajstić information content (AvgIpc) is 3.51. The van der Waals surface area contributed by atoms with Crippen molar-refractivity contribution in [1.82, 2.24) is 14.9 Å². The molecule has 1 N–H and O–H groups in total. The van der Waals surface area contributed by atoms with Gasteiger partial charge in [0.05, 0.1) is 17.9 Å². The first-order chi connectivity index (χ1) is 17.5. The lowest BCUT2D eigenvalue weighted by Gasteiger charge is -2.27. The summed E-state index contributed by atoms with van der Waals surface area (Å²) in [4.78, 5) is 22.7. The Morgan fingerprint density at radius 3 is 2.59 bits per heavy atom. The van der Waals surface area contributed by atoms with Crippen LogP contribution in [0.4, 0.5) is 4.79 Å². The van der Waals surface area contributed by atoms with Crippen molar-refractivity contribution < 1.29 is 9.53 Å². The number of hydrogen-bond donors (Lipinski definition) is 1. The van der Waals surface area contributed by atoms with Crippen molar-refractivity contribution in [3.63, 3.8) is 0 Å². The molecule has 5 nitrogen and oxygen atoms in total. The number of benzene rings is 2. The first kappa shape index (κ1) is 26.1. The van der Waals surface area contributed by atoms with E-state index in [4.69, 9.17) is 11.2 Å². The molecule has 0 bridgehead atoms. The van der Waals surface area contributed by atoms with Gasteiger partial charge in [0.2, 0.25) is 0 Å². The smallest absolute Gasteiger partial charge is 0.410 e. The van der Waals surface area contributed by atoms with E-state index in [0.29, 0.717) is 6.54 Å². The Kier molecular flexibility index (Phi) is 7.19. The average molecular weight is 494 g/mol. The zero-order valence-electron chi connectivity index (χ0n) is 22.6. The van der Waals surface area contributed by atoms with Gasteiger partial charge in [-0.2, -0.15) is 0 Å². The second-order valence-corrected chi connectivity index (χ2v) is 11.5. The molecule has 1 saturated heterocycles. The van der Waals surface area contributed by atoms with Crippen molar-refractivity contribution in [2.75, 3.05) is 6.54 Å². The molecule has 1 fully saturated rings. The summed E-state index contributed by atoms with van der Waals surface area (Å²) in [5.74, 6) is 9.06. The third-order valence-electron chi connectivity index (χ3n) is 6.43. The van der Waals surface area contributed by atoms with Gasteiger partial charge in [0.15, 0.2) is 0 Å². The van der Waals surface area contributed by atoms with Crippen molar-refractivity contribution in [3.05, 3.63) is 65.6 Å². The van der Waals surface area contributed by atoms with Crippen molar-refractivity contribution in [1.29, 1.82) is 0 Å². The molecule has 2 heterocycles. The molecule has 0 radical (unpaired) electrons. The van der Waals surface area contributed by atoms with E-state index in [2.05, 4.69) is 78.8 Å². The number of aromatic amines is 1. The van der Waals surface area contributed by atoms with Crippen molar-refractivity contribution in [3.8, 4) is 46.6 Å². The minimum Gasteiger partial charge on any atom is -0.444 e. The van der Waals surface area contributed by atoms with Crippen LogP contribution in [-0.2, 0) is 10.2 Å². The summed E-state index contributed by atoms with van der Waals surface area (Å²) in [6.45, 7) is 12.9. The highest BCUT2D eigenvalue weighted by Crippen LogP contribution is 2.35. The quantitative estimate of drug-likeness (QED) is 0.396. The summed E-state index contributed by atoms with van der Waals surface area (Å²) in [6.07, 6.45) is 8.71. The summed E-state index contributed by atoms with van der Waals surface area (Å²) in [5, 5.41) is 0. The molecule has 1 atom stereocenters. The fourth-order valence-electron chi connectivity index (χ4n) is 4.56. The summed E-state index contributed by atoms with van der Waals surface area (Å²) < 4.78 is 5.63. The molecule has 1 aliphatic heterocycles. The molecule has 37 heavy (non-hydrogen) atoms. The topological polar surface area (TPSA) is 58.2 Å². The lowest BCUT2D eigenvalue weighted by atomic mass is 9.85. The third-order valence-corrected chi connectivity index (χ3v) is 6.43. The van der Waals surface area contributed by atoms with Crippen LogP contribution in [0.3, 0.4) is 0 Å². The summed E-state index contributed by atoms with van der Waals surface area (Å²) >= 11 is 0. The van der Waals surface area contributed by atoms with Gasteiger partial charge in [-0.1, -0.05) is 57.0 Å². The maximum Gasteiger partial charge on any atom is 0.410 e. The highest BCUT2D eigenvalue weighted by molar-refractivity contribution is 5.78. The van der Waals surface area contributed by atoms with Crippen LogP contribution < -0.4 is 0 Å². The van der Waals surface area contributed by atoms with E-state index in [1.807, 2.05) is 39.1 Å².